The average molecular weight is 226 g/mol. The zero-order valence-electron chi connectivity index (χ0n) is 7.95. The van der Waals surface area contributed by atoms with E-state index in [1.165, 1.54) is 19.2 Å². The highest BCUT2D eigenvalue weighted by Gasteiger charge is 2.15. The number of alkyl halides is 1. The summed E-state index contributed by atoms with van der Waals surface area (Å²) in [4.78, 5) is 11.3. The van der Waals surface area contributed by atoms with Gasteiger partial charge in [-0.15, -0.1) is 11.6 Å². The fraction of sp³-hybridized carbons (Fsp3) is 0.200. The van der Waals surface area contributed by atoms with Crippen molar-refractivity contribution in [2.75, 3.05) is 7.11 Å². The molecule has 0 saturated heterocycles. The van der Waals surface area contributed by atoms with Crippen LogP contribution in [-0.2, 0) is 10.6 Å². The summed E-state index contributed by atoms with van der Waals surface area (Å²) in [6, 6.07) is 4.35. The van der Waals surface area contributed by atoms with E-state index in [-0.39, 0.29) is 22.8 Å². The molecule has 0 spiro atoms. The van der Waals surface area contributed by atoms with E-state index in [9.17, 15) is 9.90 Å². The Hall–Kier alpha value is -1.73. The van der Waals surface area contributed by atoms with Crippen LogP contribution < -0.4 is 0 Å². The SMILES string of the molecule is COC(=O)c1cc(CCl)c(O)cc1C#N. The van der Waals surface area contributed by atoms with Gasteiger partial charge < -0.3 is 9.84 Å². The van der Waals surface area contributed by atoms with Crippen molar-refractivity contribution in [1.82, 2.24) is 0 Å². The van der Waals surface area contributed by atoms with Crippen LogP contribution in [0.1, 0.15) is 21.5 Å². The first kappa shape index (κ1) is 11.3. The number of carbonyl (C=O) groups is 1. The van der Waals surface area contributed by atoms with E-state index in [4.69, 9.17) is 16.9 Å². The van der Waals surface area contributed by atoms with Crippen molar-refractivity contribution in [3.8, 4) is 11.8 Å². The molecule has 0 unspecified atom stereocenters. The topological polar surface area (TPSA) is 70.3 Å². The van der Waals surface area contributed by atoms with Crippen molar-refractivity contribution in [2.45, 2.75) is 5.88 Å². The van der Waals surface area contributed by atoms with Gasteiger partial charge >= 0.3 is 5.97 Å². The Morgan fingerprint density at radius 3 is 2.80 bits per heavy atom. The number of benzene rings is 1. The number of esters is 1. The molecule has 1 aromatic rings. The second-order valence-electron chi connectivity index (χ2n) is 2.76. The van der Waals surface area contributed by atoms with Gasteiger partial charge in [0.2, 0.25) is 0 Å². The molecule has 78 valence electrons. The zero-order chi connectivity index (χ0) is 11.4. The van der Waals surface area contributed by atoms with Gasteiger partial charge in [0.05, 0.1) is 24.1 Å². The second kappa shape index (κ2) is 4.67. The molecule has 0 radical (unpaired) electrons. The molecule has 0 saturated carbocycles. The van der Waals surface area contributed by atoms with Crippen molar-refractivity contribution >= 4 is 17.6 Å². The Morgan fingerprint density at radius 2 is 2.33 bits per heavy atom. The maximum absolute atomic E-state index is 11.3. The lowest BCUT2D eigenvalue weighted by Crippen LogP contribution is -2.05. The number of carbonyl (C=O) groups excluding carboxylic acids is 1. The van der Waals surface area contributed by atoms with Crippen LogP contribution in [0.25, 0.3) is 0 Å². The first-order chi connectivity index (χ1) is 7.13. The summed E-state index contributed by atoms with van der Waals surface area (Å²) >= 11 is 5.55. The van der Waals surface area contributed by atoms with E-state index in [0.29, 0.717) is 5.56 Å². The van der Waals surface area contributed by atoms with E-state index in [1.54, 1.807) is 6.07 Å². The lowest BCUT2D eigenvalue weighted by molar-refractivity contribution is 0.0600. The van der Waals surface area contributed by atoms with Crippen LogP contribution in [-0.4, -0.2) is 18.2 Å². The average Bonchev–Trinajstić information content (AvgIpc) is 2.27. The number of ether oxygens (including phenoxy) is 1. The molecule has 0 fully saturated rings. The van der Waals surface area contributed by atoms with Crippen LogP contribution in [0.3, 0.4) is 0 Å². The molecule has 0 bridgehead atoms. The summed E-state index contributed by atoms with van der Waals surface area (Å²) in [5.41, 5.74) is 0.553. The highest BCUT2D eigenvalue weighted by Crippen LogP contribution is 2.24. The van der Waals surface area contributed by atoms with Gasteiger partial charge in [0.1, 0.15) is 11.8 Å². The minimum atomic E-state index is -0.627. The monoisotopic (exact) mass is 225 g/mol. The van der Waals surface area contributed by atoms with E-state index < -0.39 is 5.97 Å². The van der Waals surface area contributed by atoms with Crippen LogP contribution in [0.4, 0.5) is 0 Å². The van der Waals surface area contributed by atoms with Crippen molar-refractivity contribution in [3.63, 3.8) is 0 Å². The van der Waals surface area contributed by atoms with Crippen LogP contribution in [0.2, 0.25) is 0 Å². The molecule has 1 N–H and O–H groups in total. The molecule has 0 aliphatic carbocycles. The Labute approximate surface area is 91.7 Å². The zero-order valence-corrected chi connectivity index (χ0v) is 8.71. The summed E-state index contributed by atoms with van der Waals surface area (Å²) in [5.74, 6) is -0.672. The van der Waals surface area contributed by atoms with E-state index in [0.717, 1.165) is 0 Å². The maximum atomic E-state index is 11.3. The molecule has 0 aliphatic heterocycles. The first-order valence-corrected chi connectivity index (χ1v) is 4.57. The molecule has 1 rings (SSSR count). The summed E-state index contributed by atoms with van der Waals surface area (Å²) in [6.07, 6.45) is 0. The fourth-order valence-corrected chi connectivity index (χ4v) is 1.33. The Bertz CT molecular complexity index is 437. The summed E-state index contributed by atoms with van der Waals surface area (Å²) in [6.45, 7) is 0. The van der Waals surface area contributed by atoms with Gasteiger partial charge in [0.25, 0.3) is 0 Å². The van der Waals surface area contributed by atoms with Crippen LogP contribution in [0, 0.1) is 11.3 Å². The first-order valence-electron chi connectivity index (χ1n) is 4.04. The predicted molar refractivity (Wildman–Crippen MR) is 53.7 cm³/mol. The number of halogens is 1. The molecule has 0 atom stereocenters. The van der Waals surface area contributed by atoms with Crippen molar-refractivity contribution < 1.29 is 14.6 Å². The Morgan fingerprint density at radius 1 is 1.67 bits per heavy atom. The normalized spacial score (nSPS) is 9.40. The molecule has 0 heterocycles. The van der Waals surface area contributed by atoms with E-state index in [2.05, 4.69) is 4.74 Å². The second-order valence-corrected chi connectivity index (χ2v) is 3.03. The predicted octanol–water partition coefficient (Wildman–Crippen LogP) is 1.79. The standard InChI is InChI=1S/C10H8ClNO3/c1-15-10(14)8-2-6(4-11)9(13)3-7(8)5-12/h2-3,13H,4H2,1H3. The number of hydrogen-bond donors (Lipinski definition) is 1. The van der Waals surface area contributed by atoms with Gasteiger partial charge in [-0.1, -0.05) is 0 Å². The molecule has 1 aromatic carbocycles. The molecular weight excluding hydrogens is 218 g/mol. The molecule has 15 heavy (non-hydrogen) atoms. The van der Waals surface area contributed by atoms with Crippen LogP contribution >= 0.6 is 11.6 Å². The third-order valence-electron chi connectivity index (χ3n) is 1.89. The van der Waals surface area contributed by atoms with Crippen molar-refractivity contribution in [1.29, 1.82) is 5.26 Å². The van der Waals surface area contributed by atoms with Gasteiger partial charge in [-0.2, -0.15) is 5.26 Å². The minimum absolute atomic E-state index is 0.0571. The maximum Gasteiger partial charge on any atom is 0.339 e. The summed E-state index contributed by atoms with van der Waals surface area (Å²) in [5, 5.41) is 18.2. The highest BCUT2D eigenvalue weighted by atomic mass is 35.5. The number of nitrogens with zero attached hydrogens (tertiary/aromatic N) is 1. The number of rotatable bonds is 2. The number of phenols is 1. The minimum Gasteiger partial charge on any atom is -0.508 e. The quantitative estimate of drug-likeness (QED) is 0.615. The number of methoxy groups -OCH3 is 1. The smallest absolute Gasteiger partial charge is 0.339 e. The lowest BCUT2D eigenvalue weighted by atomic mass is 10.0. The van der Waals surface area contributed by atoms with Crippen molar-refractivity contribution in [2.24, 2.45) is 0 Å². The third-order valence-corrected chi connectivity index (χ3v) is 2.18. The van der Waals surface area contributed by atoms with Crippen molar-refractivity contribution in [3.05, 3.63) is 28.8 Å². The third kappa shape index (κ3) is 2.20. The molecule has 0 amide bonds. The van der Waals surface area contributed by atoms with Crippen LogP contribution in [0.5, 0.6) is 5.75 Å². The molecule has 5 heteroatoms. The Kier molecular flexibility index (Phi) is 3.53. The van der Waals surface area contributed by atoms with E-state index >= 15 is 0 Å². The number of aromatic hydroxyl groups is 1. The van der Waals surface area contributed by atoms with Gasteiger partial charge in [-0.25, -0.2) is 4.79 Å². The van der Waals surface area contributed by atoms with E-state index in [1.807, 2.05) is 0 Å². The highest BCUT2D eigenvalue weighted by molar-refractivity contribution is 6.17. The number of phenolic OH excluding ortho intramolecular Hbond substituents is 1. The summed E-state index contributed by atoms with van der Waals surface area (Å²) in [7, 11) is 1.22. The lowest BCUT2D eigenvalue weighted by Gasteiger charge is -2.06. The molecule has 4 nitrogen and oxygen atoms in total. The summed E-state index contributed by atoms with van der Waals surface area (Å²) < 4.78 is 4.50. The largest absolute Gasteiger partial charge is 0.508 e. The van der Waals surface area contributed by atoms with Gasteiger partial charge in [-0.3, -0.25) is 0 Å². The number of hydrogen-bond acceptors (Lipinski definition) is 4. The number of nitriles is 1. The Balaban J connectivity index is 3.37. The van der Waals surface area contributed by atoms with Gasteiger partial charge in [0.15, 0.2) is 0 Å². The van der Waals surface area contributed by atoms with Gasteiger partial charge in [-0.05, 0) is 12.1 Å². The molecule has 0 aromatic heterocycles. The van der Waals surface area contributed by atoms with Gasteiger partial charge in [0, 0.05) is 5.56 Å². The molecule has 0 aliphatic rings. The molecular formula is C10H8ClNO3. The fourth-order valence-electron chi connectivity index (χ4n) is 1.11. The van der Waals surface area contributed by atoms with Crippen LogP contribution in [0.15, 0.2) is 12.1 Å².